The molecule has 1 aromatic heterocycles. The molecule has 4 N–H and O–H groups in total. The van der Waals surface area contributed by atoms with Crippen molar-refractivity contribution in [3.05, 3.63) is 60.3 Å². The van der Waals surface area contributed by atoms with Crippen molar-refractivity contribution in [2.24, 2.45) is 0 Å². The van der Waals surface area contributed by atoms with Crippen molar-refractivity contribution in [1.82, 2.24) is 4.98 Å². The fourth-order valence-corrected chi connectivity index (χ4v) is 2.60. The number of hydrogen-bond acceptors (Lipinski definition) is 2. The molecule has 1 heterocycles. The van der Waals surface area contributed by atoms with Crippen LogP contribution in [-0.2, 0) is 11.2 Å². The van der Waals surface area contributed by atoms with Crippen LogP contribution in [0.25, 0.3) is 10.9 Å². The third-order valence-corrected chi connectivity index (χ3v) is 3.76. The van der Waals surface area contributed by atoms with Crippen LogP contribution < -0.4 is 11.1 Å². The molecule has 1 amide bonds. The number of aromatic amines is 1. The number of para-hydroxylation sites is 3. The van der Waals surface area contributed by atoms with Gasteiger partial charge in [0.1, 0.15) is 0 Å². The van der Waals surface area contributed by atoms with Gasteiger partial charge in [-0.15, -0.1) is 0 Å². The van der Waals surface area contributed by atoms with E-state index in [4.69, 9.17) is 5.73 Å². The molecule has 0 saturated heterocycles. The van der Waals surface area contributed by atoms with Gasteiger partial charge >= 0.3 is 0 Å². The van der Waals surface area contributed by atoms with Crippen molar-refractivity contribution in [3.8, 4) is 0 Å². The highest BCUT2D eigenvalue weighted by Crippen LogP contribution is 2.20. The number of nitrogens with two attached hydrogens (primary N) is 1. The molecule has 0 atom stereocenters. The van der Waals surface area contributed by atoms with Crippen molar-refractivity contribution in [1.29, 1.82) is 0 Å². The number of H-pyrrole nitrogens is 1. The Hall–Kier alpha value is -2.75. The average molecular weight is 293 g/mol. The van der Waals surface area contributed by atoms with Gasteiger partial charge in [-0.05, 0) is 36.6 Å². The standard InChI is InChI=1S/C18H19N3O/c19-15-8-2-4-10-17(15)21-18(22)11-5-6-13-12-20-16-9-3-1-7-14(13)16/h1-4,7-10,12,20H,5-6,11,19H2,(H,21,22). The van der Waals surface area contributed by atoms with E-state index >= 15 is 0 Å². The molecule has 0 aliphatic rings. The molecule has 4 nitrogen and oxygen atoms in total. The van der Waals surface area contributed by atoms with Crippen LogP contribution in [0.1, 0.15) is 18.4 Å². The molecular weight excluding hydrogens is 274 g/mol. The smallest absolute Gasteiger partial charge is 0.224 e. The molecule has 2 aromatic carbocycles. The van der Waals surface area contributed by atoms with E-state index in [0.717, 1.165) is 18.4 Å². The number of hydrogen-bond donors (Lipinski definition) is 3. The van der Waals surface area contributed by atoms with Crippen molar-refractivity contribution in [2.75, 3.05) is 11.1 Å². The number of nitrogens with one attached hydrogen (secondary N) is 2. The van der Waals surface area contributed by atoms with Gasteiger partial charge in [-0.25, -0.2) is 0 Å². The maximum atomic E-state index is 12.0. The minimum Gasteiger partial charge on any atom is -0.397 e. The third kappa shape index (κ3) is 3.11. The molecule has 0 spiro atoms. The number of anilines is 2. The average Bonchev–Trinajstić information content (AvgIpc) is 2.93. The Bertz CT molecular complexity index is 792. The molecule has 0 aliphatic heterocycles. The lowest BCUT2D eigenvalue weighted by Gasteiger charge is -2.07. The highest BCUT2D eigenvalue weighted by molar-refractivity contribution is 5.93. The van der Waals surface area contributed by atoms with Gasteiger partial charge < -0.3 is 16.0 Å². The van der Waals surface area contributed by atoms with Crippen LogP contribution in [0.4, 0.5) is 11.4 Å². The molecule has 3 rings (SSSR count). The van der Waals surface area contributed by atoms with E-state index in [9.17, 15) is 4.79 Å². The highest BCUT2D eigenvalue weighted by Gasteiger charge is 2.07. The van der Waals surface area contributed by atoms with Crippen molar-refractivity contribution < 1.29 is 4.79 Å². The molecule has 3 aromatic rings. The van der Waals surface area contributed by atoms with Crippen LogP contribution in [-0.4, -0.2) is 10.9 Å². The molecule has 0 fully saturated rings. The fraction of sp³-hybridized carbons (Fsp3) is 0.167. The van der Waals surface area contributed by atoms with Gasteiger partial charge in [0.05, 0.1) is 11.4 Å². The van der Waals surface area contributed by atoms with E-state index < -0.39 is 0 Å². The molecular formula is C18H19N3O. The lowest BCUT2D eigenvalue weighted by molar-refractivity contribution is -0.116. The van der Waals surface area contributed by atoms with Gasteiger partial charge in [-0.2, -0.15) is 0 Å². The quantitative estimate of drug-likeness (QED) is 0.627. The van der Waals surface area contributed by atoms with E-state index in [0.29, 0.717) is 17.8 Å². The predicted octanol–water partition coefficient (Wildman–Crippen LogP) is 3.71. The molecule has 0 aliphatic carbocycles. The van der Waals surface area contributed by atoms with Crippen LogP contribution >= 0.6 is 0 Å². The summed E-state index contributed by atoms with van der Waals surface area (Å²) in [4.78, 5) is 15.2. The minimum absolute atomic E-state index is 0.00209. The molecule has 22 heavy (non-hydrogen) atoms. The fourth-order valence-electron chi connectivity index (χ4n) is 2.60. The summed E-state index contributed by atoms with van der Waals surface area (Å²) in [6.45, 7) is 0. The van der Waals surface area contributed by atoms with Crippen LogP contribution in [0.2, 0.25) is 0 Å². The Kier molecular flexibility index (Phi) is 4.10. The van der Waals surface area contributed by atoms with E-state index in [2.05, 4.69) is 22.4 Å². The number of carbonyl (C=O) groups is 1. The minimum atomic E-state index is -0.00209. The second kappa shape index (κ2) is 6.35. The van der Waals surface area contributed by atoms with Crippen LogP contribution in [0.3, 0.4) is 0 Å². The van der Waals surface area contributed by atoms with E-state index in [1.54, 1.807) is 6.07 Å². The summed E-state index contributed by atoms with van der Waals surface area (Å²) < 4.78 is 0. The van der Waals surface area contributed by atoms with Gasteiger partial charge in [0.2, 0.25) is 5.91 Å². The normalized spacial score (nSPS) is 10.7. The number of nitrogen functional groups attached to an aromatic ring is 1. The lowest BCUT2D eigenvalue weighted by Crippen LogP contribution is -2.12. The maximum Gasteiger partial charge on any atom is 0.224 e. The number of aryl methyl sites for hydroxylation is 1. The third-order valence-electron chi connectivity index (χ3n) is 3.76. The Labute approximate surface area is 129 Å². The first-order chi connectivity index (χ1) is 10.7. The Morgan fingerprint density at radius 1 is 1.09 bits per heavy atom. The first-order valence-electron chi connectivity index (χ1n) is 7.43. The largest absolute Gasteiger partial charge is 0.397 e. The number of fused-ring (bicyclic) bond motifs is 1. The molecule has 4 heteroatoms. The van der Waals surface area contributed by atoms with Gasteiger partial charge in [-0.3, -0.25) is 4.79 Å². The number of carbonyl (C=O) groups excluding carboxylic acids is 1. The summed E-state index contributed by atoms with van der Waals surface area (Å²) >= 11 is 0. The van der Waals surface area contributed by atoms with E-state index in [1.807, 2.05) is 36.5 Å². The van der Waals surface area contributed by atoms with Crippen LogP contribution in [0, 0.1) is 0 Å². The molecule has 0 saturated carbocycles. The Balaban J connectivity index is 1.55. The Morgan fingerprint density at radius 3 is 2.73 bits per heavy atom. The Morgan fingerprint density at radius 2 is 1.86 bits per heavy atom. The maximum absolute atomic E-state index is 12.0. The molecule has 0 radical (unpaired) electrons. The first kappa shape index (κ1) is 14.2. The number of aromatic nitrogens is 1. The molecule has 0 unspecified atom stereocenters. The number of rotatable bonds is 5. The monoisotopic (exact) mass is 293 g/mol. The summed E-state index contributed by atoms with van der Waals surface area (Å²) in [6, 6.07) is 15.5. The summed E-state index contributed by atoms with van der Waals surface area (Å²) in [7, 11) is 0. The second-order valence-corrected chi connectivity index (χ2v) is 5.35. The van der Waals surface area contributed by atoms with E-state index in [-0.39, 0.29) is 5.91 Å². The van der Waals surface area contributed by atoms with Gasteiger partial charge in [0.25, 0.3) is 0 Å². The lowest BCUT2D eigenvalue weighted by atomic mass is 10.1. The predicted molar refractivity (Wildman–Crippen MR) is 90.7 cm³/mol. The highest BCUT2D eigenvalue weighted by atomic mass is 16.1. The van der Waals surface area contributed by atoms with Crippen LogP contribution in [0.5, 0.6) is 0 Å². The topological polar surface area (TPSA) is 70.9 Å². The number of amides is 1. The van der Waals surface area contributed by atoms with Gasteiger partial charge in [-0.1, -0.05) is 30.3 Å². The summed E-state index contributed by atoms with van der Waals surface area (Å²) in [6.07, 6.45) is 4.19. The zero-order valence-electron chi connectivity index (χ0n) is 12.3. The van der Waals surface area contributed by atoms with Gasteiger partial charge in [0, 0.05) is 23.5 Å². The zero-order valence-corrected chi connectivity index (χ0v) is 12.3. The van der Waals surface area contributed by atoms with Crippen molar-refractivity contribution in [3.63, 3.8) is 0 Å². The SMILES string of the molecule is Nc1ccccc1NC(=O)CCCc1c[nH]c2ccccc12. The van der Waals surface area contributed by atoms with Gasteiger partial charge in [0.15, 0.2) is 0 Å². The summed E-state index contributed by atoms with van der Waals surface area (Å²) in [5, 5.41) is 4.09. The molecule has 0 bridgehead atoms. The van der Waals surface area contributed by atoms with Crippen molar-refractivity contribution in [2.45, 2.75) is 19.3 Å². The second-order valence-electron chi connectivity index (χ2n) is 5.35. The zero-order chi connectivity index (χ0) is 15.4. The first-order valence-corrected chi connectivity index (χ1v) is 7.43. The number of benzene rings is 2. The molecule has 112 valence electrons. The van der Waals surface area contributed by atoms with E-state index in [1.165, 1.54) is 10.9 Å². The summed E-state index contributed by atoms with van der Waals surface area (Å²) in [5.74, 6) is -0.00209. The van der Waals surface area contributed by atoms with Crippen LogP contribution in [0.15, 0.2) is 54.7 Å². The summed E-state index contributed by atoms with van der Waals surface area (Å²) in [5.41, 5.74) is 9.48. The van der Waals surface area contributed by atoms with Crippen molar-refractivity contribution >= 4 is 28.2 Å².